The summed E-state index contributed by atoms with van der Waals surface area (Å²) in [6.07, 6.45) is -0.375. The number of aromatic nitrogens is 3. The zero-order valence-electron chi connectivity index (χ0n) is 38.5. The molecule has 18 heteroatoms. The fourth-order valence-corrected chi connectivity index (χ4v) is 7.38. The van der Waals surface area contributed by atoms with Gasteiger partial charge in [-0.25, -0.2) is 0 Å². The number of hydrogen-bond acceptors (Lipinski definition) is 11. The number of aromatic amines is 3. The molecule has 0 saturated carbocycles. The second-order valence-corrected chi connectivity index (χ2v) is 16.3. The van der Waals surface area contributed by atoms with Gasteiger partial charge in [0.2, 0.25) is 0 Å². The molecule has 3 amide bonds. The van der Waals surface area contributed by atoms with Crippen molar-refractivity contribution >= 4 is 23.7 Å². The minimum atomic E-state index is -1.11. The van der Waals surface area contributed by atoms with Gasteiger partial charge in [-0.2, -0.15) is 0 Å². The molecule has 69 heavy (non-hydrogen) atoms. The van der Waals surface area contributed by atoms with E-state index in [1.165, 1.54) is 18.2 Å². The lowest BCUT2D eigenvalue weighted by Crippen LogP contribution is -2.48. The van der Waals surface area contributed by atoms with Crippen LogP contribution in [0.3, 0.4) is 0 Å². The monoisotopic (exact) mass is 941 g/mol. The normalized spacial score (nSPS) is 11.4. The summed E-state index contributed by atoms with van der Waals surface area (Å²) in [5.74, 6) is -3.55. The number of nitrogens with one attached hydrogen (secondary N) is 6. The number of carbonyl (C=O) groups is 4. The van der Waals surface area contributed by atoms with Crippen molar-refractivity contribution in [1.82, 2.24) is 35.8 Å². The second kappa shape index (κ2) is 24.5. The number of H-pyrrole nitrogens is 3. The van der Waals surface area contributed by atoms with Gasteiger partial charge >= 0.3 is 5.97 Å². The number of rotatable bonds is 24. The Kier molecular flexibility index (Phi) is 17.8. The fourth-order valence-electron chi connectivity index (χ4n) is 7.38. The molecule has 0 bridgehead atoms. The summed E-state index contributed by atoms with van der Waals surface area (Å²) < 4.78 is 17.6. The van der Waals surface area contributed by atoms with E-state index in [4.69, 9.17) is 14.2 Å². The topological polar surface area (TPSA) is 254 Å². The molecule has 1 unspecified atom stereocenters. The Morgan fingerprint density at radius 2 is 0.899 bits per heavy atom. The Bertz CT molecular complexity index is 2780. The van der Waals surface area contributed by atoms with Crippen molar-refractivity contribution in [2.45, 2.75) is 59.5 Å². The van der Waals surface area contributed by atoms with E-state index in [1.54, 1.807) is 25.7 Å². The molecule has 0 aliphatic carbocycles. The van der Waals surface area contributed by atoms with Crippen LogP contribution in [0.15, 0.2) is 124 Å². The maximum absolute atomic E-state index is 14.1. The highest BCUT2D eigenvalue weighted by atomic mass is 16.5. The van der Waals surface area contributed by atoms with Crippen LogP contribution in [-0.4, -0.2) is 87.4 Å². The standard InChI is InChI=1S/C51H55N7O11/c1-32-25-39(43(49(64)54-32)67-29-35-13-7-4-8-14-35)46(61)52-21-23-58(24-22-53-47(62)40-26-33(2)55-50(65)44(40)68-30-36-15-9-5-10-16-36)28-38(19-20-42(59)60)57-48(63)41-27-34(3)56-51(66)45(41)69-31-37-17-11-6-12-18-37/h4-18,25-27,38H,19-24,28-31H2,1-3H3,(H,52,61)(H,53,62)(H,54,64)(H,55,65)(H,56,66)(H,57,63)(H,59,60). The first-order valence-electron chi connectivity index (χ1n) is 22.3. The molecule has 0 fully saturated rings. The smallest absolute Gasteiger partial charge is 0.303 e. The highest BCUT2D eigenvalue weighted by Crippen LogP contribution is 2.19. The summed E-state index contributed by atoms with van der Waals surface area (Å²) in [6, 6.07) is 31.0. The quantitative estimate of drug-likeness (QED) is 0.0442. The van der Waals surface area contributed by atoms with Gasteiger partial charge in [-0.15, -0.1) is 0 Å². The van der Waals surface area contributed by atoms with Gasteiger partial charge in [-0.05, 0) is 62.1 Å². The van der Waals surface area contributed by atoms with Crippen LogP contribution >= 0.6 is 0 Å². The summed E-state index contributed by atoms with van der Waals surface area (Å²) in [4.78, 5) is 103. The van der Waals surface area contributed by atoms with Crippen LogP contribution in [0.1, 0.15) is 77.7 Å². The lowest BCUT2D eigenvalue weighted by Gasteiger charge is -2.28. The first-order valence-corrected chi connectivity index (χ1v) is 22.3. The number of carbonyl (C=O) groups excluding carboxylic acids is 3. The zero-order valence-corrected chi connectivity index (χ0v) is 38.5. The van der Waals surface area contributed by atoms with Crippen LogP contribution in [0.25, 0.3) is 0 Å². The van der Waals surface area contributed by atoms with Gasteiger partial charge in [-0.3, -0.25) is 38.5 Å². The van der Waals surface area contributed by atoms with E-state index in [1.807, 2.05) is 91.0 Å². The summed E-state index contributed by atoms with van der Waals surface area (Å²) in [5.41, 5.74) is 1.74. The first-order chi connectivity index (χ1) is 33.2. The number of hydrogen-bond donors (Lipinski definition) is 7. The average molecular weight is 942 g/mol. The summed E-state index contributed by atoms with van der Waals surface area (Å²) in [5, 5.41) is 18.3. The van der Waals surface area contributed by atoms with E-state index in [0.29, 0.717) is 17.1 Å². The van der Waals surface area contributed by atoms with Gasteiger partial charge in [0.15, 0.2) is 17.2 Å². The minimum Gasteiger partial charge on any atom is -0.482 e. The SMILES string of the molecule is Cc1cc(C(=O)NCCN(CCNC(=O)c2cc(C)[nH]c(=O)c2OCc2ccccc2)CC(CCC(=O)O)NC(=O)c2cc(C)[nH]c(=O)c2OCc2ccccc2)c(OCc2ccccc2)c(=O)[nH]1. The minimum absolute atomic E-state index is 0.00389. The molecule has 3 aromatic carbocycles. The molecule has 360 valence electrons. The van der Waals surface area contributed by atoms with Gasteiger partial charge in [0.25, 0.3) is 34.4 Å². The van der Waals surface area contributed by atoms with Gasteiger partial charge in [-0.1, -0.05) is 91.0 Å². The molecule has 6 aromatic rings. The fraction of sp³-hybridized carbons (Fsp3) is 0.275. The summed E-state index contributed by atoms with van der Waals surface area (Å²) in [7, 11) is 0. The number of aryl methyl sites for hydroxylation is 3. The number of nitrogens with zero attached hydrogens (tertiary/aromatic N) is 1. The second-order valence-electron chi connectivity index (χ2n) is 16.3. The highest BCUT2D eigenvalue weighted by Gasteiger charge is 2.25. The van der Waals surface area contributed by atoms with Gasteiger partial charge in [0.1, 0.15) is 19.8 Å². The van der Waals surface area contributed by atoms with Crippen LogP contribution in [0.2, 0.25) is 0 Å². The molecule has 3 aromatic heterocycles. The molecular formula is C51H55N7O11. The number of benzene rings is 3. The number of ether oxygens (including phenoxy) is 3. The van der Waals surface area contributed by atoms with Crippen LogP contribution in [0.5, 0.6) is 17.2 Å². The Hall–Kier alpha value is -8.25. The van der Waals surface area contributed by atoms with Crippen LogP contribution in [0, 0.1) is 20.8 Å². The van der Waals surface area contributed by atoms with E-state index in [0.717, 1.165) is 16.7 Å². The van der Waals surface area contributed by atoms with Crippen molar-refractivity contribution < 1.29 is 38.5 Å². The molecular weight excluding hydrogens is 887 g/mol. The van der Waals surface area contributed by atoms with Crippen molar-refractivity contribution in [1.29, 1.82) is 0 Å². The van der Waals surface area contributed by atoms with E-state index in [9.17, 15) is 38.7 Å². The summed E-state index contributed by atoms with van der Waals surface area (Å²) in [6.45, 7) is 5.15. The summed E-state index contributed by atoms with van der Waals surface area (Å²) >= 11 is 0. The molecule has 0 aliphatic rings. The molecule has 6 rings (SSSR count). The predicted molar refractivity (Wildman–Crippen MR) is 257 cm³/mol. The maximum Gasteiger partial charge on any atom is 0.303 e. The third-order valence-corrected chi connectivity index (χ3v) is 10.7. The number of aliphatic carboxylic acids is 1. The molecule has 7 N–H and O–H groups in total. The molecule has 3 heterocycles. The molecule has 0 spiro atoms. The third-order valence-electron chi connectivity index (χ3n) is 10.7. The molecule has 1 atom stereocenters. The lowest BCUT2D eigenvalue weighted by atomic mass is 10.1. The van der Waals surface area contributed by atoms with E-state index >= 15 is 0 Å². The molecule has 0 saturated heterocycles. The average Bonchev–Trinajstić information content (AvgIpc) is 3.32. The van der Waals surface area contributed by atoms with Gasteiger partial charge in [0, 0.05) is 62.3 Å². The number of amides is 3. The number of pyridine rings is 3. The largest absolute Gasteiger partial charge is 0.482 e. The zero-order chi connectivity index (χ0) is 49.3. The Balaban J connectivity index is 1.22. The Labute approximate surface area is 397 Å². The van der Waals surface area contributed by atoms with E-state index < -0.39 is 46.4 Å². The number of carboxylic acids is 1. The van der Waals surface area contributed by atoms with Crippen molar-refractivity contribution in [2.24, 2.45) is 0 Å². The van der Waals surface area contributed by atoms with Crippen LogP contribution in [0.4, 0.5) is 0 Å². The first kappa shape index (κ1) is 50.2. The maximum atomic E-state index is 14.1. The Morgan fingerprint density at radius 1 is 0.551 bits per heavy atom. The van der Waals surface area contributed by atoms with Gasteiger partial charge in [0.05, 0.1) is 16.7 Å². The predicted octanol–water partition coefficient (Wildman–Crippen LogP) is 4.54. The highest BCUT2D eigenvalue weighted by molar-refractivity contribution is 5.98. The van der Waals surface area contributed by atoms with Crippen molar-refractivity contribution in [3.05, 3.63) is 191 Å². The molecule has 18 nitrogen and oxygen atoms in total. The van der Waals surface area contributed by atoms with Crippen molar-refractivity contribution in [3.63, 3.8) is 0 Å². The van der Waals surface area contributed by atoms with Crippen LogP contribution in [-0.2, 0) is 24.6 Å². The van der Waals surface area contributed by atoms with Crippen LogP contribution < -0.4 is 46.8 Å². The molecule has 0 radical (unpaired) electrons. The third kappa shape index (κ3) is 14.9. The Morgan fingerprint density at radius 3 is 1.25 bits per heavy atom. The molecule has 0 aliphatic heterocycles. The van der Waals surface area contributed by atoms with Gasteiger partial charge < -0.3 is 50.2 Å². The lowest BCUT2D eigenvalue weighted by molar-refractivity contribution is -0.137. The van der Waals surface area contributed by atoms with E-state index in [-0.39, 0.29) is 99.3 Å². The number of carboxylic acid groups (broad SMARTS) is 1. The van der Waals surface area contributed by atoms with Crippen molar-refractivity contribution in [2.75, 3.05) is 32.7 Å². The van der Waals surface area contributed by atoms with Crippen molar-refractivity contribution in [3.8, 4) is 17.2 Å². The van der Waals surface area contributed by atoms with E-state index in [2.05, 4.69) is 30.9 Å².